The third-order valence-electron chi connectivity index (χ3n) is 12.5. The van der Waals surface area contributed by atoms with Gasteiger partial charge < -0.3 is 9.13 Å². The number of rotatable bonds is 7. The number of nitrogens with zero attached hydrogens (tertiary/aromatic N) is 2. The smallest absolute Gasteiger partial charge is 0.0632 e. The molecule has 0 aliphatic heterocycles. The number of aromatic nitrogens is 2. The van der Waals surface area contributed by atoms with Crippen molar-refractivity contribution in [2.45, 2.75) is 0 Å². The summed E-state index contributed by atoms with van der Waals surface area (Å²) in [7, 11) is 0. The van der Waals surface area contributed by atoms with Crippen LogP contribution in [0.3, 0.4) is 0 Å². The van der Waals surface area contributed by atoms with Crippen molar-refractivity contribution >= 4 is 43.6 Å². The molecule has 0 fully saturated rings. The van der Waals surface area contributed by atoms with Gasteiger partial charge in [0.1, 0.15) is 0 Å². The molecule has 10 aromatic carbocycles. The molecule has 0 aliphatic rings. The van der Waals surface area contributed by atoms with Crippen LogP contribution in [0.2, 0.25) is 0 Å². The molecular weight excluding hydrogens is 749 g/mol. The quantitative estimate of drug-likeness (QED) is 0.152. The van der Waals surface area contributed by atoms with Crippen molar-refractivity contribution in [3.8, 4) is 67.0 Å². The zero-order valence-electron chi connectivity index (χ0n) is 34.0. The van der Waals surface area contributed by atoms with Crippen molar-refractivity contribution in [3.63, 3.8) is 0 Å². The fraction of sp³-hybridized carbons (Fsp3) is 0. The lowest BCUT2D eigenvalue weighted by Gasteiger charge is -2.24. The maximum absolute atomic E-state index is 2.51. The minimum Gasteiger partial charge on any atom is -0.309 e. The van der Waals surface area contributed by atoms with Gasteiger partial charge in [-0.2, -0.15) is 0 Å². The largest absolute Gasteiger partial charge is 0.309 e. The number of fused-ring (bicyclic) bond motifs is 6. The van der Waals surface area contributed by atoms with E-state index in [1.165, 1.54) is 93.7 Å². The first kappa shape index (κ1) is 35.7. The van der Waals surface area contributed by atoms with Crippen molar-refractivity contribution in [1.29, 1.82) is 0 Å². The molecule has 62 heavy (non-hydrogen) atoms. The van der Waals surface area contributed by atoms with Crippen molar-refractivity contribution in [3.05, 3.63) is 243 Å². The molecule has 2 heteroatoms. The van der Waals surface area contributed by atoms with Gasteiger partial charge in [0.2, 0.25) is 0 Å². The molecule has 0 saturated carbocycles. The fourth-order valence-electron chi connectivity index (χ4n) is 9.87. The van der Waals surface area contributed by atoms with Crippen LogP contribution >= 0.6 is 0 Å². The Bertz CT molecular complexity index is 3570. The molecule has 0 aliphatic carbocycles. The molecule has 0 N–H and O–H groups in total. The molecule has 0 unspecified atom stereocenters. The van der Waals surface area contributed by atoms with Crippen molar-refractivity contribution in [2.75, 3.05) is 0 Å². The average molecular weight is 789 g/mol. The molecule has 2 heterocycles. The van der Waals surface area contributed by atoms with Gasteiger partial charge in [0.15, 0.2) is 0 Å². The van der Waals surface area contributed by atoms with Gasteiger partial charge in [-0.1, -0.05) is 188 Å². The molecule has 0 spiro atoms. The predicted molar refractivity (Wildman–Crippen MR) is 262 cm³/mol. The Hall–Kier alpha value is -8.20. The first-order valence-corrected chi connectivity index (χ1v) is 21.4. The summed E-state index contributed by atoms with van der Waals surface area (Å²) in [4.78, 5) is 0. The second kappa shape index (κ2) is 14.8. The van der Waals surface area contributed by atoms with Gasteiger partial charge in [-0.25, -0.2) is 0 Å². The van der Waals surface area contributed by atoms with Crippen LogP contribution in [0.25, 0.3) is 111 Å². The second-order valence-electron chi connectivity index (χ2n) is 16.0. The van der Waals surface area contributed by atoms with Crippen molar-refractivity contribution in [1.82, 2.24) is 9.13 Å². The molecule has 12 rings (SSSR count). The molecule has 0 amide bonds. The third-order valence-corrected chi connectivity index (χ3v) is 12.5. The molecule has 0 saturated heterocycles. The van der Waals surface area contributed by atoms with Crippen LogP contribution in [-0.4, -0.2) is 9.13 Å². The van der Waals surface area contributed by atoms with E-state index in [0.717, 1.165) is 16.9 Å². The summed E-state index contributed by atoms with van der Waals surface area (Å²) < 4.78 is 4.90. The Morgan fingerprint density at radius 1 is 0.226 bits per heavy atom. The predicted octanol–water partition coefficient (Wildman–Crippen LogP) is 16.2. The minimum atomic E-state index is 1.12. The maximum atomic E-state index is 2.51. The van der Waals surface area contributed by atoms with E-state index in [2.05, 4.69) is 252 Å². The average Bonchev–Trinajstić information content (AvgIpc) is 3.87. The van der Waals surface area contributed by atoms with Crippen molar-refractivity contribution < 1.29 is 0 Å². The highest BCUT2D eigenvalue weighted by atomic mass is 15.0. The van der Waals surface area contributed by atoms with Crippen LogP contribution in [0, 0.1) is 0 Å². The van der Waals surface area contributed by atoms with E-state index in [-0.39, 0.29) is 0 Å². The Balaban J connectivity index is 1.26. The minimum absolute atomic E-state index is 1.12. The molecule has 0 radical (unpaired) electrons. The first-order valence-electron chi connectivity index (χ1n) is 21.4. The standard InChI is InChI=1S/C60H40N2/c1-7-21-41(22-8-1)55-56(42-23-9-2-10-24-42)58(44-27-13-4-14-28-44)60-59(57(55)43-25-11-3-12-26-43)51-40-46(36-38-54(51)62(60)48-31-17-6-18-32-48)45-35-37-53-50(39-45)49-33-19-20-34-52(49)61(53)47-29-15-5-16-30-47/h1-40H. The van der Waals surface area contributed by atoms with Gasteiger partial charge in [-0.05, 0) is 93.5 Å². The van der Waals surface area contributed by atoms with Gasteiger partial charge in [0.05, 0.1) is 22.1 Å². The lowest BCUT2D eigenvalue weighted by atomic mass is 9.80. The van der Waals surface area contributed by atoms with Crippen LogP contribution < -0.4 is 0 Å². The fourth-order valence-corrected chi connectivity index (χ4v) is 9.87. The number of hydrogen-bond acceptors (Lipinski definition) is 0. The summed E-state index contributed by atoms with van der Waals surface area (Å²) in [5, 5.41) is 4.93. The van der Waals surface area contributed by atoms with Crippen molar-refractivity contribution in [2.24, 2.45) is 0 Å². The van der Waals surface area contributed by atoms with E-state index >= 15 is 0 Å². The summed E-state index contributed by atoms with van der Waals surface area (Å²) in [6.45, 7) is 0. The lowest BCUT2D eigenvalue weighted by Crippen LogP contribution is -2.00. The first-order chi connectivity index (χ1) is 30.8. The highest BCUT2D eigenvalue weighted by Gasteiger charge is 2.29. The molecular formula is C60H40N2. The van der Waals surface area contributed by atoms with Gasteiger partial charge in [0.25, 0.3) is 0 Å². The Labute approximate surface area is 360 Å². The monoisotopic (exact) mass is 788 g/mol. The highest BCUT2D eigenvalue weighted by molar-refractivity contribution is 6.27. The number of para-hydroxylation sites is 3. The molecule has 12 aromatic rings. The SMILES string of the molecule is c1ccc(-c2c(-c3ccccc3)c(-c3ccccc3)c3c(c2-c2ccccc2)c2cc(-c4ccc5c(c4)c4ccccc4n5-c4ccccc4)ccc2n3-c2ccccc2)cc1. The van der Waals surface area contributed by atoms with E-state index in [1.54, 1.807) is 0 Å². The Kier molecular flexibility index (Phi) is 8.53. The summed E-state index contributed by atoms with van der Waals surface area (Å²) in [6, 6.07) is 88.5. The van der Waals surface area contributed by atoms with E-state index in [4.69, 9.17) is 0 Å². The molecule has 2 aromatic heterocycles. The van der Waals surface area contributed by atoms with Crippen LogP contribution in [0.4, 0.5) is 0 Å². The number of hydrogen-bond donors (Lipinski definition) is 0. The van der Waals surface area contributed by atoms with E-state index < -0.39 is 0 Å². The van der Waals surface area contributed by atoms with Gasteiger partial charge in [-0.15, -0.1) is 0 Å². The molecule has 290 valence electrons. The lowest BCUT2D eigenvalue weighted by molar-refractivity contribution is 1.18. The zero-order valence-corrected chi connectivity index (χ0v) is 34.0. The summed E-state index contributed by atoms with van der Waals surface area (Å²) in [6.07, 6.45) is 0. The molecule has 0 atom stereocenters. The van der Waals surface area contributed by atoms with E-state index in [9.17, 15) is 0 Å². The van der Waals surface area contributed by atoms with E-state index in [0.29, 0.717) is 0 Å². The van der Waals surface area contributed by atoms with Crippen LogP contribution in [0.15, 0.2) is 243 Å². The molecule has 2 nitrogen and oxygen atoms in total. The Morgan fingerprint density at radius 2 is 0.597 bits per heavy atom. The normalized spacial score (nSPS) is 11.5. The van der Waals surface area contributed by atoms with Crippen LogP contribution in [0.1, 0.15) is 0 Å². The van der Waals surface area contributed by atoms with E-state index in [1.807, 2.05) is 0 Å². The zero-order chi connectivity index (χ0) is 41.0. The van der Waals surface area contributed by atoms with Gasteiger partial charge in [-0.3, -0.25) is 0 Å². The summed E-state index contributed by atoms with van der Waals surface area (Å²) >= 11 is 0. The van der Waals surface area contributed by atoms with Gasteiger partial charge >= 0.3 is 0 Å². The topological polar surface area (TPSA) is 9.86 Å². The third kappa shape index (κ3) is 5.73. The van der Waals surface area contributed by atoms with Crippen LogP contribution in [0.5, 0.6) is 0 Å². The highest BCUT2D eigenvalue weighted by Crippen LogP contribution is 2.54. The van der Waals surface area contributed by atoms with Crippen LogP contribution in [-0.2, 0) is 0 Å². The maximum Gasteiger partial charge on any atom is 0.0632 e. The number of benzene rings is 10. The summed E-state index contributed by atoms with van der Waals surface area (Å²) in [5.74, 6) is 0. The van der Waals surface area contributed by atoms with Gasteiger partial charge in [0, 0.05) is 49.6 Å². The second-order valence-corrected chi connectivity index (χ2v) is 16.0. The summed E-state index contributed by atoms with van der Waals surface area (Å²) in [5.41, 5.74) is 19.0. The molecule has 0 bridgehead atoms. The Morgan fingerprint density at radius 3 is 1.13 bits per heavy atom.